The minimum atomic E-state index is -0.281. The van der Waals surface area contributed by atoms with E-state index in [1.807, 2.05) is 18.2 Å². The molecule has 1 aromatic heterocycles. The van der Waals surface area contributed by atoms with Gasteiger partial charge >= 0.3 is 0 Å². The normalized spacial score (nSPS) is 16.8. The third-order valence-electron chi connectivity index (χ3n) is 2.37. The number of hydrogen-bond donors (Lipinski definition) is 1. The molecule has 0 aromatic carbocycles. The highest BCUT2D eigenvalue weighted by Crippen LogP contribution is 2.28. The predicted molar refractivity (Wildman–Crippen MR) is 56.4 cm³/mol. The maximum absolute atomic E-state index is 6.06. The first kappa shape index (κ1) is 9.98. The Morgan fingerprint density at radius 1 is 1.60 bits per heavy atom. The van der Waals surface area contributed by atoms with Crippen molar-refractivity contribution in [2.24, 2.45) is 5.73 Å². The van der Waals surface area contributed by atoms with E-state index in [9.17, 15) is 0 Å². The summed E-state index contributed by atoms with van der Waals surface area (Å²) >= 11 is 0. The van der Waals surface area contributed by atoms with Crippen LogP contribution in [0.3, 0.4) is 0 Å². The fraction of sp³-hybridized carbons (Fsp3) is 0.364. The van der Waals surface area contributed by atoms with Gasteiger partial charge in [-0.2, -0.15) is 0 Å². The quantitative estimate of drug-likeness (QED) is 0.812. The number of ether oxygens (including phenoxy) is 2. The van der Waals surface area contributed by atoms with Gasteiger partial charge in [-0.15, -0.1) is 0 Å². The van der Waals surface area contributed by atoms with Crippen molar-refractivity contribution in [2.75, 3.05) is 13.7 Å². The van der Waals surface area contributed by atoms with E-state index in [4.69, 9.17) is 15.2 Å². The fourth-order valence-electron chi connectivity index (χ4n) is 1.62. The van der Waals surface area contributed by atoms with Crippen LogP contribution in [0.15, 0.2) is 30.2 Å². The summed E-state index contributed by atoms with van der Waals surface area (Å²) in [5, 5.41) is 0. The molecule has 4 heteroatoms. The van der Waals surface area contributed by atoms with Crippen molar-refractivity contribution >= 4 is 0 Å². The summed E-state index contributed by atoms with van der Waals surface area (Å²) in [7, 11) is 1.59. The first-order valence-corrected chi connectivity index (χ1v) is 4.90. The van der Waals surface area contributed by atoms with Crippen LogP contribution < -0.4 is 10.5 Å². The Morgan fingerprint density at radius 2 is 2.47 bits per heavy atom. The van der Waals surface area contributed by atoms with Crippen LogP contribution in [0.2, 0.25) is 0 Å². The smallest absolute Gasteiger partial charge is 0.218 e. The molecule has 4 nitrogen and oxygen atoms in total. The SMILES string of the molecule is COc1ncccc1C(N)C1=CCCO1. The zero-order chi connectivity index (χ0) is 10.7. The monoisotopic (exact) mass is 206 g/mol. The van der Waals surface area contributed by atoms with Crippen molar-refractivity contribution in [1.82, 2.24) is 4.98 Å². The number of rotatable bonds is 3. The van der Waals surface area contributed by atoms with E-state index in [1.165, 1.54) is 0 Å². The summed E-state index contributed by atoms with van der Waals surface area (Å²) in [6.07, 6.45) is 4.61. The highest BCUT2D eigenvalue weighted by molar-refractivity contribution is 5.33. The minimum absolute atomic E-state index is 0.281. The van der Waals surface area contributed by atoms with Crippen LogP contribution in [-0.2, 0) is 4.74 Å². The minimum Gasteiger partial charge on any atom is -0.496 e. The van der Waals surface area contributed by atoms with Crippen molar-refractivity contribution in [1.29, 1.82) is 0 Å². The zero-order valence-electron chi connectivity index (χ0n) is 8.64. The number of pyridine rings is 1. The van der Waals surface area contributed by atoms with E-state index in [0.717, 1.165) is 17.7 Å². The number of nitrogens with two attached hydrogens (primary N) is 1. The molecule has 0 radical (unpaired) electrons. The summed E-state index contributed by atoms with van der Waals surface area (Å²) in [6.45, 7) is 0.714. The van der Waals surface area contributed by atoms with Crippen molar-refractivity contribution in [3.63, 3.8) is 0 Å². The Balaban J connectivity index is 2.27. The maximum Gasteiger partial charge on any atom is 0.218 e. The van der Waals surface area contributed by atoms with Crippen LogP contribution in [0.4, 0.5) is 0 Å². The molecule has 1 aromatic rings. The fourth-order valence-corrected chi connectivity index (χ4v) is 1.62. The summed E-state index contributed by atoms with van der Waals surface area (Å²) < 4.78 is 10.6. The average molecular weight is 206 g/mol. The van der Waals surface area contributed by atoms with Crippen LogP contribution in [0.1, 0.15) is 18.0 Å². The summed E-state index contributed by atoms with van der Waals surface area (Å²) in [4.78, 5) is 4.10. The van der Waals surface area contributed by atoms with E-state index in [0.29, 0.717) is 12.5 Å². The Labute approximate surface area is 88.7 Å². The van der Waals surface area contributed by atoms with Gasteiger partial charge in [0.1, 0.15) is 5.76 Å². The average Bonchev–Trinajstić information content (AvgIpc) is 2.81. The zero-order valence-corrected chi connectivity index (χ0v) is 8.64. The topological polar surface area (TPSA) is 57.4 Å². The third-order valence-corrected chi connectivity index (χ3v) is 2.37. The number of nitrogens with zero attached hydrogens (tertiary/aromatic N) is 1. The lowest BCUT2D eigenvalue weighted by Crippen LogP contribution is -2.15. The molecule has 80 valence electrons. The molecule has 0 bridgehead atoms. The van der Waals surface area contributed by atoms with E-state index in [2.05, 4.69) is 4.98 Å². The number of aromatic nitrogens is 1. The molecule has 2 rings (SSSR count). The lowest BCUT2D eigenvalue weighted by molar-refractivity contribution is 0.224. The van der Waals surface area contributed by atoms with E-state index in [-0.39, 0.29) is 6.04 Å². The maximum atomic E-state index is 6.06. The molecule has 1 atom stereocenters. The summed E-state index contributed by atoms with van der Waals surface area (Å²) in [6, 6.07) is 3.46. The summed E-state index contributed by atoms with van der Waals surface area (Å²) in [5.41, 5.74) is 6.92. The standard InChI is InChI=1S/C11H14N2O2/c1-14-11-8(4-2-6-13-11)10(12)9-5-3-7-15-9/h2,4-6,10H,3,7,12H2,1H3. The lowest BCUT2D eigenvalue weighted by Gasteiger charge is -2.15. The van der Waals surface area contributed by atoms with Gasteiger partial charge in [0.15, 0.2) is 0 Å². The van der Waals surface area contributed by atoms with Crippen LogP contribution in [0.25, 0.3) is 0 Å². The van der Waals surface area contributed by atoms with Crippen LogP contribution >= 0.6 is 0 Å². The highest BCUT2D eigenvalue weighted by Gasteiger charge is 2.20. The molecule has 0 saturated heterocycles. The molecular formula is C11H14N2O2. The highest BCUT2D eigenvalue weighted by atomic mass is 16.5. The van der Waals surface area contributed by atoms with E-state index >= 15 is 0 Å². The molecule has 15 heavy (non-hydrogen) atoms. The number of methoxy groups -OCH3 is 1. The second kappa shape index (κ2) is 4.31. The van der Waals surface area contributed by atoms with Crippen LogP contribution in [-0.4, -0.2) is 18.7 Å². The Hall–Kier alpha value is -1.55. The van der Waals surface area contributed by atoms with Crippen LogP contribution in [0.5, 0.6) is 5.88 Å². The first-order valence-electron chi connectivity index (χ1n) is 4.90. The predicted octanol–water partition coefficient (Wildman–Crippen LogP) is 1.39. The molecule has 1 aliphatic heterocycles. The van der Waals surface area contributed by atoms with E-state index in [1.54, 1.807) is 13.3 Å². The molecule has 0 fully saturated rings. The van der Waals surface area contributed by atoms with Crippen molar-refractivity contribution < 1.29 is 9.47 Å². The van der Waals surface area contributed by atoms with Gasteiger partial charge < -0.3 is 15.2 Å². The Bertz CT molecular complexity index is 377. The van der Waals surface area contributed by atoms with Gasteiger partial charge in [-0.05, 0) is 12.1 Å². The van der Waals surface area contributed by atoms with Gasteiger partial charge in [0, 0.05) is 18.2 Å². The van der Waals surface area contributed by atoms with Gasteiger partial charge in [-0.1, -0.05) is 6.07 Å². The third kappa shape index (κ3) is 1.94. The van der Waals surface area contributed by atoms with Gasteiger partial charge in [-0.3, -0.25) is 0 Å². The molecule has 0 amide bonds. The van der Waals surface area contributed by atoms with Crippen molar-refractivity contribution in [3.8, 4) is 5.88 Å². The lowest BCUT2D eigenvalue weighted by atomic mass is 10.1. The summed E-state index contributed by atoms with van der Waals surface area (Å²) in [5.74, 6) is 1.36. The first-order chi connectivity index (χ1) is 7.33. The van der Waals surface area contributed by atoms with Crippen molar-refractivity contribution in [2.45, 2.75) is 12.5 Å². The van der Waals surface area contributed by atoms with Gasteiger partial charge in [0.25, 0.3) is 0 Å². The van der Waals surface area contributed by atoms with Crippen molar-refractivity contribution in [3.05, 3.63) is 35.7 Å². The molecule has 1 unspecified atom stereocenters. The molecule has 1 aliphatic rings. The molecular weight excluding hydrogens is 192 g/mol. The molecule has 0 spiro atoms. The Kier molecular flexibility index (Phi) is 2.87. The largest absolute Gasteiger partial charge is 0.496 e. The molecule has 2 N–H and O–H groups in total. The second-order valence-electron chi connectivity index (χ2n) is 3.32. The van der Waals surface area contributed by atoms with Gasteiger partial charge in [0.2, 0.25) is 5.88 Å². The van der Waals surface area contributed by atoms with Gasteiger partial charge in [0.05, 0.1) is 19.8 Å². The Morgan fingerprint density at radius 3 is 3.13 bits per heavy atom. The van der Waals surface area contributed by atoms with Gasteiger partial charge in [-0.25, -0.2) is 4.98 Å². The molecule has 2 heterocycles. The molecule has 0 saturated carbocycles. The molecule has 0 aliphatic carbocycles. The number of hydrogen-bond acceptors (Lipinski definition) is 4. The van der Waals surface area contributed by atoms with Crippen LogP contribution in [0, 0.1) is 0 Å². The second-order valence-corrected chi connectivity index (χ2v) is 3.32. The van der Waals surface area contributed by atoms with E-state index < -0.39 is 0 Å².